The molecule has 0 amide bonds. The lowest BCUT2D eigenvalue weighted by Crippen LogP contribution is -2.40. The van der Waals surface area contributed by atoms with Gasteiger partial charge in [0.05, 0.1) is 0 Å². The molecular formula is C6H15ClOSi. The van der Waals surface area contributed by atoms with E-state index in [0.717, 1.165) is 0 Å². The van der Waals surface area contributed by atoms with Crippen LogP contribution in [0.25, 0.3) is 0 Å². The second kappa shape index (κ2) is 2.60. The van der Waals surface area contributed by atoms with Crippen LogP contribution in [0.3, 0.4) is 0 Å². The first-order chi connectivity index (χ1) is 3.81. The van der Waals surface area contributed by atoms with Crippen LogP contribution in [0.5, 0.6) is 0 Å². The van der Waals surface area contributed by atoms with Crippen molar-refractivity contribution in [2.24, 2.45) is 0 Å². The van der Waals surface area contributed by atoms with Crippen LogP contribution in [0.2, 0.25) is 18.1 Å². The lowest BCUT2D eigenvalue weighted by Gasteiger charge is -2.32. The molecule has 0 aliphatic heterocycles. The Morgan fingerprint density at radius 2 is 1.78 bits per heavy atom. The van der Waals surface area contributed by atoms with Gasteiger partial charge in [0.1, 0.15) is 0 Å². The zero-order valence-corrected chi connectivity index (χ0v) is 8.29. The minimum atomic E-state index is -2.02. The van der Waals surface area contributed by atoms with Crippen molar-refractivity contribution in [3.05, 3.63) is 0 Å². The first-order valence-corrected chi connectivity index (χ1v) is 6.58. The average molecular weight is 167 g/mol. The van der Waals surface area contributed by atoms with E-state index in [9.17, 15) is 4.80 Å². The Labute approximate surface area is 63.2 Å². The number of alkyl halides is 1. The van der Waals surface area contributed by atoms with Gasteiger partial charge >= 0.3 is 0 Å². The highest BCUT2D eigenvalue weighted by Crippen LogP contribution is 2.35. The predicted octanol–water partition coefficient (Wildman–Crippen LogP) is 2.20. The van der Waals surface area contributed by atoms with E-state index in [2.05, 4.69) is 0 Å². The molecule has 0 bridgehead atoms. The molecule has 0 heterocycles. The van der Waals surface area contributed by atoms with Crippen molar-refractivity contribution >= 4 is 19.9 Å². The molecule has 0 unspecified atom stereocenters. The molecule has 0 aliphatic carbocycles. The minimum Gasteiger partial charge on any atom is -0.432 e. The molecule has 0 fully saturated rings. The third-order valence-electron chi connectivity index (χ3n) is 1.99. The molecular weight excluding hydrogens is 152 g/mol. The molecule has 1 nitrogen and oxygen atoms in total. The summed E-state index contributed by atoms with van der Waals surface area (Å²) >= 11 is 5.65. The van der Waals surface area contributed by atoms with Crippen LogP contribution < -0.4 is 0 Å². The Bertz CT molecular complexity index is 95.7. The van der Waals surface area contributed by atoms with Gasteiger partial charge < -0.3 is 4.80 Å². The van der Waals surface area contributed by atoms with Gasteiger partial charge in [-0.15, -0.1) is 11.6 Å². The van der Waals surface area contributed by atoms with Gasteiger partial charge in [-0.05, 0) is 18.1 Å². The molecule has 9 heavy (non-hydrogen) atoms. The number of rotatable bonds is 2. The quantitative estimate of drug-likeness (QED) is 0.493. The van der Waals surface area contributed by atoms with E-state index in [1.54, 1.807) is 0 Å². The van der Waals surface area contributed by atoms with Gasteiger partial charge in [0.2, 0.25) is 0 Å². The van der Waals surface area contributed by atoms with E-state index in [0.29, 0.717) is 5.88 Å². The monoisotopic (exact) mass is 166 g/mol. The molecule has 1 N–H and O–H groups in total. The molecule has 0 saturated heterocycles. The summed E-state index contributed by atoms with van der Waals surface area (Å²) < 4.78 is 0. The van der Waals surface area contributed by atoms with Crippen molar-refractivity contribution in [2.75, 3.05) is 5.88 Å². The Morgan fingerprint density at radius 3 is 1.78 bits per heavy atom. The molecule has 3 heteroatoms. The van der Waals surface area contributed by atoms with Crippen LogP contribution in [0.4, 0.5) is 0 Å². The summed E-state index contributed by atoms with van der Waals surface area (Å²) in [7, 11) is -2.02. The smallest absolute Gasteiger partial charge is 0.189 e. The summed E-state index contributed by atoms with van der Waals surface area (Å²) in [5, 5.41) is -0.0610. The Morgan fingerprint density at radius 1 is 1.44 bits per heavy atom. The van der Waals surface area contributed by atoms with Gasteiger partial charge in [-0.1, -0.05) is 13.8 Å². The van der Waals surface area contributed by atoms with Crippen LogP contribution in [-0.4, -0.2) is 19.0 Å². The normalized spacial score (nSPS) is 14.0. The highest BCUT2D eigenvalue weighted by molar-refractivity contribution is 6.73. The van der Waals surface area contributed by atoms with Crippen molar-refractivity contribution in [1.82, 2.24) is 0 Å². The van der Waals surface area contributed by atoms with Crippen LogP contribution in [0, 0.1) is 0 Å². The molecule has 56 valence electrons. The topological polar surface area (TPSA) is 20.2 Å². The second-order valence-corrected chi connectivity index (χ2v) is 8.32. The molecule has 0 rings (SSSR count). The lowest BCUT2D eigenvalue weighted by atomic mass is 10.2. The van der Waals surface area contributed by atoms with Crippen LogP contribution >= 0.6 is 11.6 Å². The Balaban J connectivity index is 4.14. The van der Waals surface area contributed by atoms with E-state index < -0.39 is 8.32 Å². The fraction of sp³-hybridized carbons (Fsp3) is 1.00. The van der Waals surface area contributed by atoms with E-state index >= 15 is 0 Å². The lowest BCUT2D eigenvalue weighted by molar-refractivity contribution is 0.490. The highest BCUT2D eigenvalue weighted by Gasteiger charge is 2.36. The molecule has 0 atom stereocenters. The third-order valence-corrected chi connectivity index (χ3v) is 6.37. The molecule has 0 aromatic heterocycles. The first kappa shape index (κ1) is 9.47. The van der Waals surface area contributed by atoms with Crippen molar-refractivity contribution in [1.29, 1.82) is 0 Å². The largest absolute Gasteiger partial charge is 0.432 e. The summed E-state index contributed by atoms with van der Waals surface area (Å²) in [6.45, 7) is 7.84. The molecule has 0 saturated carbocycles. The number of halogens is 1. The summed E-state index contributed by atoms with van der Waals surface area (Å²) in [4.78, 5) is 9.60. The zero-order valence-electron chi connectivity index (χ0n) is 6.53. The maximum Gasteiger partial charge on any atom is 0.189 e. The van der Waals surface area contributed by atoms with Crippen LogP contribution in [0.15, 0.2) is 0 Å². The maximum absolute atomic E-state index is 9.60. The van der Waals surface area contributed by atoms with E-state index in [1.807, 2.05) is 26.9 Å². The maximum atomic E-state index is 9.60. The van der Waals surface area contributed by atoms with Crippen molar-refractivity contribution in [2.45, 2.75) is 32.0 Å². The van der Waals surface area contributed by atoms with E-state index in [1.165, 1.54) is 0 Å². The fourth-order valence-electron chi connectivity index (χ4n) is 0.164. The van der Waals surface area contributed by atoms with Crippen molar-refractivity contribution in [3.8, 4) is 0 Å². The van der Waals surface area contributed by atoms with Crippen LogP contribution in [-0.2, 0) is 0 Å². The number of hydrogen-bond acceptors (Lipinski definition) is 1. The van der Waals surface area contributed by atoms with Gasteiger partial charge in [0, 0.05) is 5.88 Å². The first-order valence-electron chi connectivity index (χ1n) is 3.09. The Hall–Kier alpha value is 0.467. The van der Waals surface area contributed by atoms with Gasteiger partial charge in [-0.2, -0.15) is 0 Å². The average Bonchev–Trinajstić information content (AvgIpc) is 1.64. The molecule has 0 radical (unpaired) electrons. The third kappa shape index (κ3) is 2.28. The van der Waals surface area contributed by atoms with Gasteiger partial charge in [-0.25, -0.2) is 0 Å². The van der Waals surface area contributed by atoms with Crippen LogP contribution in [0.1, 0.15) is 13.8 Å². The Kier molecular flexibility index (Phi) is 2.74. The predicted molar refractivity (Wildman–Crippen MR) is 44.5 cm³/mol. The summed E-state index contributed by atoms with van der Waals surface area (Å²) in [6.07, 6.45) is 0. The summed E-state index contributed by atoms with van der Waals surface area (Å²) in [5.74, 6) is 0.544. The number of hydrogen-bond donors (Lipinski definition) is 1. The summed E-state index contributed by atoms with van der Waals surface area (Å²) in [6, 6.07) is 0. The molecule has 0 aromatic rings. The van der Waals surface area contributed by atoms with E-state index in [4.69, 9.17) is 11.6 Å². The fourth-order valence-corrected chi connectivity index (χ4v) is 1.47. The van der Waals surface area contributed by atoms with Crippen molar-refractivity contribution in [3.63, 3.8) is 0 Å². The van der Waals surface area contributed by atoms with Gasteiger partial charge in [-0.3, -0.25) is 0 Å². The molecule has 0 aromatic carbocycles. The highest BCUT2D eigenvalue weighted by atomic mass is 35.5. The standard InChI is InChI=1S/C6H15ClOSi/c1-6(2,5-7)9(3,4)8/h8H,5H2,1-4H3. The zero-order chi connectivity index (χ0) is 7.71. The summed E-state index contributed by atoms with van der Waals surface area (Å²) in [5.41, 5.74) is 0. The molecule has 0 spiro atoms. The van der Waals surface area contributed by atoms with Crippen molar-refractivity contribution < 1.29 is 4.80 Å². The van der Waals surface area contributed by atoms with E-state index in [-0.39, 0.29) is 5.04 Å². The van der Waals surface area contributed by atoms with Gasteiger partial charge in [0.15, 0.2) is 8.32 Å². The molecule has 0 aliphatic rings. The van der Waals surface area contributed by atoms with Gasteiger partial charge in [0.25, 0.3) is 0 Å². The second-order valence-electron chi connectivity index (χ2n) is 3.58. The SMILES string of the molecule is CC(C)(CCl)[Si](C)(C)O. The minimum absolute atomic E-state index is 0.0610.